The summed E-state index contributed by atoms with van der Waals surface area (Å²) in [5.41, 5.74) is 0. The van der Waals surface area contributed by atoms with E-state index in [9.17, 15) is 14.8 Å². The molecule has 0 saturated carbocycles. The lowest BCUT2D eigenvalue weighted by Gasteiger charge is -2.16. The molecule has 104 valence electrons. The average molecular weight is 265 g/mol. The third kappa shape index (κ3) is 5.72. The van der Waals surface area contributed by atoms with Gasteiger partial charge in [-0.05, 0) is 13.8 Å². The highest BCUT2D eigenvalue weighted by Gasteiger charge is 2.23. The summed E-state index contributed by atoms with van der Waals surface area (Å²) in [5.74, 6) is -1.20. The SMILES string of the molecule is CCOC(=O)OCON=[N+]([O-])N(C)[C@@H](C)C(=O)O. The van der Waals surface area contributed by atoms with E-state index in [4.69, 9.17) is 5.11 Å². The van der Waals surface area contributed by atoms with E-state index >= 15 is 0 Å². The zero-order chi connectivity index (χ0) is 14.1. The van der Waals surface area contributed by atoms with Crippen molar-refractivity contribution in [1.29, 1.82) is 0 Å². The number of rotatable bonds is 7. The highest BCUT2D eigenvalue weighted by molar-refractivity contribution is 5.72. The predicted octanol–water partition coefficient (Wildman–Crippen LogP) is 0.331. The van der Waals surface area contributed by atoms with Gasteiger partial charge in [0, 0.05) is 0 Å². The number of carboxylic acid groups (broad SMARTS) is 1. The first-order valence-electron chi connectivity index (χ1n) is 4.95. The van der Waals surface area contributed by atoms with E-state index in [1.54, 1.807) is 6.92 Å². The van der Waals surface area contributed by atoms with Crippen LogP contribution in [-0.2, 0) is 19.1 Å². The molecule has 10 heteroatoms. The summed E-state index contributed by atoms with van der Waals surface area (Å²) < 4.78 is 8.75. The average Bonchev–Trinajstić information content (AvgIpc) is 2.32. The molecule has 0 aliphatic heterocycles. The predicted molar refractivity (Wildman–Crippen MR) is 55.0 cm³/mol. The number of hydrazine groups is 1. The number of carboxylic acids is 1. The zero-order valence-corrected chi connectivity index (χ0v) is 10.2. The van der Waals surface area contributed by atoms with Crippen LogP contribution in [0.2, 0.25) is 0 Å². The number of carbonyl (C=O) groups excluding carboxylic acids is 1. The molecule has 1 N–H and O–H groups in total. The lowest BCUT2D eigenvalue weighted by atomic mass is 10.3. The molecule has 18 heavy (non-hydrogen) atoms. The molecule has 0 heterocycles. The van der Waals surface area contributed by atoms with Crippen LogP contribution in [0.5, 0.6) is 0 Å². The minimum atomic E-state index is -1.20. The molecular formula is C8H15N3O7. The largest absolute Gasteiger partial charge is 0.569 e. The van der Waals surface area contributed by atoms with Gasteiger partial charge in [-0.1, -0.05) is 0 Å². The first-order valence-corrected chi connectivity index (χ1v) is 4.95. The van der Waals surface area contributed by atoms with Crippen LogP contribution in [0.3, 0.4) is 0 Å². The monoisotopic (exact) mass is 265 g/mol. The highest BCUT2D eigenvalue weighted by Crippen LogP contribution is 1.97. The van der Waals surface area contributed by atoms with Crippen molar-refractivity contribution >= 4 is 12.1 Å². The molecule has 0 unspecified atom stereocenters. The van der Waals surface area contributed by atoms with E-state index in [1.807, 2.05) is 0 Å². The van der Waals surface area contributed by atoms with Crippen molar-refractivity contribution in [3.8, 4) is 0 Å². The number of likely N-dealkylation sites (N-methyl/N-ethyl adjacent to an activating group) is 1. The second-order valence-electron chi connectivity index (χ2n) is 3.00. The molecule has 0 aromatic carbocycles. The Morgan fingerprint density at radius 3 is 2.61 bits per heavy atom. The molecule has 0 aromatic rings. The van der Waals surface area contributed by atoms with Crippen LogP contribution in [-0.4, -0.2) is 53.7 Å². The van der Waals surface area contributed by atoms with Crippen LogP contribution in [0.4, 0.5) is 4.79 Å². The van der Waals surface area contributed by atoms with Gasteiger partial charge in [0.1, 0.15) is 0 Å². The lowest BCUT2D eigenvalue weighted by Crippen LogP contribution is -2.40. The van der Waals surface area contributed by atoms with Crippen LogP contribution >= 0.6 is 0 Å². The molecule has 0 bridgehead atoms. The minimum Gasteiger partial charge on any atom is -0.569 e. The highest BCUT2D eigenvalue weighted by atomic mass is 16.8. The summed E-state index contributed by atoms with van der Waals surface area (Å²) in [6, 6.07) is -1.08. The number of nitrogens with zero attached hydrogens (tertiary/aromatic N) is 3. The summed E-state index contributed by atoms with van der Waals surface area (Å²) in [6.07, 6.45) is -0.961. The molecule has 0 radical (unpaired) electrons. The Morgan fingerprint density at radius 2 is 2.11 bits per heavy atom. The third-order valence-electron chi connectivity index (χ3n) is 1.81. The van der Waals surface area contributed by atoms with Gasteiger partial charge in [0.15, 0.2) is 6.04 Å². The smallest absolute Gasteiger partial charge is 0.511 e. The fraction of sp³-hybridized carbons (Fsp3) is 0.750. The van der Waals surface area contributed by atoms with E-state index in [-0.39, 0.29) is 11.6 Å². The summed E-state index contributed by atoms with van der Waals surface area (Å²) in [7, 11) is 1.21. The first-order chi connectivity index (χ1) is 8.40. The fourth-order valence-electron chi connectivity index (χ4n) is 0.673. The Labute approximate surface area is 103 Å². The number of hydrogen-bond acceptors (Lipinski definition) is 7. The van der Waals surface area contributed by atoms with Crippen molar-refractivity contribution in [3.05, 3.63) is 5.21 Å². The second kappa shape index (κ2) is 7.92. The first kappa shape index (κ1) is 15.7. The van der Waals surface area contributed by atoms with E-state index in [0.29, 0.717) is 0 Å². The van der Waals surface area contributed by atoms with Crippen molar-refractivity contribution in [3.63, 3.8) is 0 Å². The normalized spacial score (nSPS) is 12.5. The molecule has 0 aliphatic carbocycles. The van der Waals surface area contributed by atoms with Gasteiger partial charge >= 0.3 is 12.1 Å². The van der Waals surface area contributed by atoms with Crippen molar-refractivity contribution in [2.24, 2.45) is 5.28 Å². The lowest BCUT2D eigenvalue weighted by molar-refractivity contribution is -0.710. The zero-order valence-electron chi connectivity index (χ0n) is 10.2. The molecule has 0 fully saturated rings. The molecule has 0 amide bonds. The molecule has 0 aliphatic rings. The van der Waals surface area contributed by atoms with E-state index in [0.717, 1.165) is 5.01 Å². The van der Waals surface area contributed by atoms with E-state index < -0.39 is 25.0 Å². The Balaban J connectivity index is 4.04. The van der Waals surface area contributed by atoms with Crippen molar-refractivity contribution in [2.45, 2.75) is 19.9 Å². The standard InChI is InChI=1S/C8H15N3O7/c1-4-16-8(14)17-5-18-9-11(15)10(3)6(2)7(12)13/h6H,4-5H2,1-3H3,(H,12,13)/t6-/m0/s1. The number of ether oxygens (including phenoxy) is 2. The molecular weight excluding hydrogens is 250 g/mol. The van der Waals surface area contributed by atoms with E-state index in [2.05, 4.69) is 19.6 Å². The summed E-state index contributed by atoms with van der Waals surface area (Å²) in [5, 5.41) is 23.5. The quantitative estimate of drug-likeness (QED) is 0.174. The molecule has 1 atom stereocenters. The van der Waals surface area contributed by atoms with Crippen LogP contribution in [0.1, 0.15) is 13.8 Å². The number of hydrogen-bond donors (Lipinski definition) is 1. The molecule has 0 rings (SSSR count). The van der Waals surface area contributed by atoms with Crippen LogP contribution in [0, 0.1) is 5.21 Å². The van der Waals surface area contributed by atoms with Crippen molar-refractivity contribution in [1.82, 2.24) is 5.01 Å². The summed E-state index contributed by atoms with van der Waals surface area (Å²) in [4.78, 5) is 25.5. The van der Waals surface area contributed by atoms with Crippen LogP contribution in [0.15, 0.2) is 5.28 Å². The number of carbonyl (C=O) groups is 2. The van der Waals surface area contributed by atoms with Crippen LogP contribution < -0.4 is 0 Å². The Morgan fingerprint density at radius 1 is 1.50 bits per heavy atom. The van der Waals surface area contributed by atoms with Gasteiger partial charge in [-0.2, -0.15) is 0 Å². The van der Waals surface area contributed by atoms with Gasteiger partial charge in [0.25, 0.3) is 6.79 Å². The Bertz CT molecular complexity index is 320. The third-order valence-corrected chi connectivity index (χ3v) is 1.81. The maximum Gasteiger partial charge on any atom is 0.511 e. The van der Waals surface area contributed by atoms with Gasteiger partial charge in [-0.3, -0.25) is 0 Å². The minimum absolute atomic E-state index is 0.0761. The fourth-order valence-corrected chi connectivity index (χ4v) is 0.673. The molecule has 10 nitrogen and oxygen atoms in total. The Kier molecular flexibility index (Phi) is 6.93. The van der Waals surface area contributed by atoms with Gasteiger partial charge < -0.3 is 24.6 Å². The molecule has 0 spiro atoms. The maximum atomic E-state index is 11.2. The van der Waals surface area contributed by atoms with Gasteiger partial charge in [-0.25, -0.2) is 9.59 Å². The van der Waals surface area contributed by atoms with Crippen LogP contribution in [0.25, 0.3) is 0 Å². The van der Waals surface area contributed by atoms with E-state index in [1.165, 1.54) is 14.0 Å². The topological polar surface area (TPSA) is 124 Å². The van der Waals surface area contributed by atoms with Crippen molar-refractivity contribution < 1.29 is 34.0 Å². The van der Waals surface area contributed by atoms with Gasteiger partial charge in [0.2, 0.25) is 5.28 Å². The number of aliphatic carboxylic acids is 1. The molecule has 0 aromatic heterocycles. The maximum absolute atomic E-state index is 11.2. The Hall–Kier alpha value is -2.26. The van der Waals surface area contributed by atoms with Crippen molar-refractivity contribution in [2.75, 3.05) is 20.4 Å². The second-order valence-corrected chi connectivity index (χ2v) is 3.00. The van der Waals surface area contributed by atoms with Gasteiger partial charge in [0.05, 0.1) is 18.6 Å². The van der Waals surface area contributed by atoms with Gasteiger partial charge in [-0.15, -0.1) is 5.01 Å². The summed E-state index contributed by atoms with van der Waals surface area (Å²) >= 11 is 0. The summed E-state index contributed by atoms with van der Waals surface area (Å²) in [6.45, 7) is 2.40. The molecule has 0 saturated heterocycles.